The molecule has 0 heterocycles. The van der Waals surface area contributed by atoms with Crippen LogP contribution in [0.25, 0.3) is 0 Å². The van der Waals surface area contributed by atoms with Crippen LogP contribution in [0.3, 0.4) is 0 Å². The lowest BCUT2D eigenvalue weighted by molar-refractivity contribution is 0.0692. The first kappa shape index (κ1) is 13.6. The van der Waals surface area contributed by atoms with Crippen molar-refractivity contribution < 1.29 is 19.0 Å². The number of carboxylic acids is 1. The third kappa shape index (κ3) is 4.50. The Kier molecular flexibility index (Phi) is 5.59. The molecule has 5 heteroatoms. The van der Waals surface area contributed by atoms with Gasteiger partial charge in [-0.2, -0.15) is 0 Å². The maximum absolute atomic E-state index is 13.3. The van der Waals surface area contributed by atoms with Crippen molar-refractivity contribution in [2.75, 3.05) is 19.8 Å². The first-order valence-corrected chi connectivity index (χ1v) is 5.45. The number of ether oxygens (including phenoxy) is 1. The molecule has 94 valence electrons. The molecule has 17 heavy (non-hydrogen) atoms. The predicted octanol–water partition coefficient (Wildman–Crippen LogP) is 1.65. The number of benzene rings is 1. The number of carbonyl (C=O) groups is 1. The Balaban J connectivity index is 2.45. The van der Waals surface area contributed by atoms with Gasteiger partial charge in [0, 0.05) is 19.7 Å². The van der Waals surface area contributed by atoms with Gasteiger partial charge >= 0.3 is 5.97 Å². The number of rotatable bonds is 7. The van der Waals surface area contributed by atoms with Crippen molar-refractivity contribution in [3.63, 3.8) is 0 Å². The summed E-state index contributed by atoms with van der Waals surface area (Å²) in [5.74, 6) is -1.96. The fraction of sp³-hybridized carbons (Fsp3) is 0.417. The van der Waals surface area contributed by atoms with Gasteiger partial charge in [-0.3, -0.25) is 0 Å². The molecule has 0 aromatic heterocycles. The highest BCUT2D eigenvalue weighted by Crippen LogP contribution is 2.10. The number of aromatic carboxylic acids is 1. The predicted molar refractivity (Wildman–Crippen MR) is 61.6 cm³/mol. The molecule has 0 aliphatic rings. The summed E-state index contributed by atoms with van der Waals surface area (Å²) >= 11 is 0. The molecule has 0 fully saturated rings. The first-order valence-electron chi connectivity index (χ1n) is 5.45. The van der Waals surface area contributed by atoms with Crippen LogP contribution in [-0.4, -0.2) is 30.8 Å². The largest absolute Gasteiger partial charge is 0.478 e. The monoisotopic (exact) mass is 241 g/mol. The molecule has 1 aromatic rings. The summed E-state index contributed by atoms with van der Waals surface area (Å²) in [6, 6.07) is 4.11. The van der Waals surface area contributed by atoms with Crippen LogP contribution < -0.4 is 5.32 Å². The lowest BCUT2D eigenvalue weighted by atomic mass is 10.1. The van der Waals surface area contributed by atoms with E-state index in [1.54, 1.807) is 6.07 Å². The normalized spacial score (nSPS) is 10.5. The van der Waals surface area contributed by atoms with Crippen LogP contribution in [0, 0.1) is 5.82 Å². The van der Waals surface area contributed by atoms with Gasteiger partial charge in [0.05, 0.1) is 12.2 Å². The SMILES string of the molecule is CCOCCNCc1ccc(C(=O)O)c(F)c1. The van der Waals surface area contributed by atoms with Crippen LogP contribution in [0.2, 0.25) is 0 Å². The second-order valence-electron chi connectivity index (χ2n) is 3.49. The standard InChI is InChI=1S/C12H16FNO3/c1-2-17-6-5-14-8-9-3-4-10(12(15)16)11(13)7-9/h3-4,7,14H,2,5-6,8H2,1H3,(H,15,16). The van der Waals surface area contributed by atoms with Crippen molar-refractivity contribution in [1.29, 1.82) is 0 Å². The van der Waals surface area contributed by atoms with Crippen LogP contribution >= 0.6 is 0 Å². The van der Waals surface area contributed by atoms with Crippen molar-refractivity contribution in [3.8, 4) is 0 Å². The van der Waals surface area contributed by atoms with Gasteiger partial charge in [0.25, 0.3) is 0 Å². The molecule has 1 rings (SSSR count). The minimum atomic E-state index is -1.25. The van der Waals surface area contributed by atoms with Crippen LogP contribution in [0.1, 0.15) is 22.8 Å². The number of carboxylic acid groups (broad SMARTS) is 1. The molecule has 0 amide bonds. The van der Waals surface area contributed by atoms with E-state index >= 15 is 0 Å². The Labute approximate surface area is 99.4 Å². The molecule has 0 aliphatic carbocycles. The van der Waals surface area contributed by atoms with E-state index in [-0.39, 0.29) is 5.56 Å². The van der Waals surface area contributed by atoms with E-state index in [1.807, 2.05) is 6.92 Å². The summed E-state index contributed by atoms with van der Waals surface area (Å²) in [5.41, 5.74) is 0.409. The van der Waals surface area contributed by atoms with E-state index in [9.17, 15) is 9.18 Å². The molecular weight excluding hydrogens is 225 g/mol. The molecule has 0 saturated carbocycles. The minimum Gasteiger partial charge on any atom is -0.478 e. The molecular formula is C12H16FNO3. The topological polar surface area (TPSA) is 58.6 Å². The van der Waals surface area contributed by atoms with Crippen molar-refractivity contribution in [2.24, 2.45) is 0 Å². The molecule has 0 spiro atoms. The summed E-state index contributed by atoms with van der Waals surface area (Å²) < 4.78 is 18.4. The summed E-state index contributed by atoms with van der Waals surface area (Å²) in [4.78, 5) is 10.6. The molecule has 4 nitrogen and oxygen atoms in total. The van der Waals surface area contributed by atoms with Gasteiger partial charge in [-0.25, -0.2) is 9.18 Å². The zero-order valence-corrected chi connectivity index (χ0v) is 9.70. The second kappa shape index (κ2) is 6.98. The Hall–Kier alpha value is -1.46. The lowest BCUT2D eigenvalue weighted by Crippen LogP contribution is -2.19. The van der Waals surface area contributed by atoms with E-state index in [4.69, 9.17) is 9.84 Å². The van der Waals surface area contributed by atoms with Crippen molar-refractivity contribution in [3.05, 3.63) is 35.1 Å². The zero-order valence-electron chi connectivity index (χ0n) is 9.70. The Morgan fingerprint density at radius 3 is 2.88 bits per heavy atom. The average molecular weight is 241 g/mol. The molecule has 0 bridgehead atoms. The second-order valence-corrected chi connectivity index (χ2v) is 3.49. The molecule has 1 aromatic carbocycles. The zero-order chi connectivity index (χ0) is 12.7. The molecule has 0 unspecified atom stereocenters. The third-order valence-electron chi connectivity index (χ3n) is 2.22. The molecule has 0 atom stereocenters. The number of hydrogen-bond donors (Lipinski definition) is 2. The van der Waals surface area contributed by atoms with E-state index in [0.29, 0.717) is 31.9 Å². The first-order chi connectivity index (χ1) is 8.15. The van der Waals surface area contributed by atoms with Crippen molar-refractivity contribution in [1.82, 2.24) is 5.32 Å². The van der Waals surface area contributed by atoms with Crippen LogP contribution in [-0.2, 0) is 11.3 Å². The van der Waals surface area contributed by atoms with Gasteiger partial charge in [0.15, 0.2) is 0 Å². The van der Waals surface area contributed by atoms with Crippen LogP contribution in [0.4, 0.5) is 4.39 Å². The van der Waals surface area contributed by atoms with Crippen molar-refractivity contribution in [2.45, 2.75) is 13.5 Å². The number of hydrogen-bond acceptors (Lipinski definition) is 3. The fourth-order valence-electron chi connectivity index (χ4n) is 1.36. The molecule has 2 N–H and O–H groups in total. The van der Waals surface area contributed by atoms with Gasteiger partial charge in [-0.15, -0.1) is 0 Å². The number of nitrogens with one attached hydrogen (secondary N) is 1. The van der Waals surface area contributed by atoms with Crippen LogP contribution in [0.5, 0.6) is 0 Å². The maximum Gasteiger partial charge on any atom is 0.338 e. The quantitative estimate of drug-likeness (QED) is 0.713. The van der Waals surface area contributed by atoms with Crippen LogP contribution in [0.15, 0.2) is 18.2 Å². The van der Waals surface area contributed by atoms with Gasteiger partial charge in [-0.05, 0) is 24.6 Å². The Morgan fingerprint density at radius 2 is 2.29 bits per heavy atom. The third-order valence-corrected chi connectivity index (χ3v) is 2.22. The van der Waals surface area contributed by atoms with E-state index in [1.165, 1.54) is 12.1 Å². The molecule has 0 aliphatic heterocycles. The van der Waals surface area contributed by atoms with E-state index in [2.05, 4.69) is 5.32 Å². The van der Waals surface area contributed by atoms with Gasteiger partial charge < -0.3 is 15.2 Å². The summed E-state index contributed by atoms with van der Waals surface area (Å²) in [6.07, 6.45) is 0. The summed E-state index contributed by atoms with van der Waals surface area (Å²) in [6.45, 7) is 4.36. The maximum atomic E-state index is 13.3. The van der Waals surface area contributed by atoms with Gasteiger partial charge in [-0.1, -0.05) is 6.07 Å². The lowest BCUT2D eigenvalue weighted by Gasteiger charge is -2.06. The van der Waals surface area contributed by atoms with E-state index < -0.39 is 11.8 Å². The minimum absolute atomic E-state index is 0.303. The highest BCUT2D eigenvalue weighted by Gasteiger charge is 2.09. The fourth-order valence-corrected chi connectivity index (χ4v) is 1.36. The summed E-state index contributed by atoms with van der Waals surface area (Å²) in [5, 5.41) is 11.7. The summed E-state index contributed by atoms with van der Waals surface area (Å²) in [7, 11) is 0. The smallest absolute Gasteiger partial charge is 0.338 e. The Morgan fingerprint density at radius 1 is 1.53 bits per heavy atom. The van der Waals surface area contributed by atoms with Gasteiger partial charge in [0.2, 0.25) is 0 Å². The number of halogens is 1. The average Bonchev–Trinajstić information content (AvgIpc) is 2.28. The van der Waals surface area contributed by atoms with E-state index in [0.717, 1.165) is 0 Å². The van der Waals surface area contributed by atoms with Crippen molar-refractivity contribution >= 4 is 5.97 Å². The highest BCUT2D eigenvalue weighted by molar-refractivity contribution is 5.87. The highest BCUT2D eigenvalue weighted by atomic mass is 19.1. The molecule has 0 saturated heterocycles. The van der Waals surface area contributed by atoms with Gasteiger partial charge in [0.1, 0.15) is 5.82 Å². The Bertz CT molecular complexity index is 382. The molecule has 0 radical (unpaired) electrons.